The summed E-state index contributed by atoms with van der Waals surface area (Å²) in [6.07, 6.45) is 0.767. The van der Waals surface area contributed by atoms with Gasteiger partial charge in [-0.1, -0.05) is 13.8 Å². The van der Waals surface area contributed by atoms with Crippen LogP contribution in [0, 0.1) is 5.92 Å². The quantitative estimate of drug-likeness (QED) is 0.758. The molecule has 0 spiro atoms. The Morgan fingerprint density at radius 3 is 2.44 bits per heavy atom. The van der Waals surface area contributed by atoms with Gasteiger partial charge in [0.05, 0.1) is 13.1 Å². The monoisotopic (exact) mass is 253 g/mol. The van der Waals surface area contributed by atoms with Gasteiger partial charge in [0.2, 0.25) is 0 Å². The van der Waals surface area contributed by atoms with Crippen molar-refractivity contribution in [2.45, 2.75) is 40.7 Å². The molecule has 0 amide bonds. The van der Waals surface area contributed by atoms with Crippen LogP contribution in [0.25, 0.3) is 0 Å². The van der Waals surface area contributed by atoms with Crippen LogP contribution < -0.4 is 10.0 Å². The maximum absolute atomic E-state index is 10.9. The molecule has 0 aliphatic carbocycles. The van der Waals surface area contributed by atoms with Gasteiger partial charge in [0.25, 0.3) is 0 Å². The first-order chi connectivity index (χ1) is 8.47. The number of carboxylic acids is 1. The lowest BCUT2D eigenvalue weighted by Crippen LogP contribution is -3.10. The second-order valence-electron chi connectivity index (χ2n) is 5.08. The van der Waals surface area contributed by atoms with Crippen LogP contribution in [-0.4, -0.2) is 19.1 Å². The van der Waals surface area contributed by atoms with Crippen LogP contribution in [0.3, 0.4) is 0 Å². The highest BCUT2D eigenvalue weighted by Crippen LogP contribution is 2.18. The molecule has 4 heteroatoms. The standard InChI is InChI=1S/C14H23NO3/c1-5-15(6-2)9-11-8-13(14(16)17)18-12(11)7-10(3)4/h8,10H,5-7,9H2,1-4H3,(H,16,17). The lowest BCUT2D eigenvalue weighted by Gasteiger charge is -2.15. The van der Waals surface area contributed by atoms with Crippen LogP contribution in [0.5, 0.6) is 0 Å². The molecule has 1 N–H and O–H groups in total. The highest BCUT2D eigenvalue weighted by atomic mass is 16.4. The fourth-order valence-electron chi connectivity index (χ4n) is 2.03. The number of hydrogen-bond donors (Lipinski definition) is 1. The number of rotatable bonds is 7. The van der Waals surface area contributed by atoms with Crippen LogP contribution in [0.15, 0.2) is 10.5 Å². The molecule has 0 unspecified atom stereocenters. The normalized spacial score (nSPS) is 11.4. The van der Waals surface area contributed by atoms with Crippen LogP contribution in [0.1, 0.15) is 49.6 Å². The van der Waals surface area contributed by atoms with Crippen molar-refractivity contribution < 1.29 is 19.2 Å². The summed E-state index contributed by atoms with van der Waals surface area (Å²) in [4.78, 5) is 12.3. The summed E-state index contributed by atoms with van der Waals surface area (Å²) in [7, 11) is 0. The fraction of sp³-hybridized carbons (Fsp3) is 0.643. The number of furan rings is 1. The predicted octanol–water partition coefficient (Wildman–Crippen LogP) is 0.266. The summed E-state index contributed by atoms with van der Waals surface area (Å²) in [6.45, 7) is 11.3. The number of quaternary nitrogens is 1. The van der Waals surface area contributed by atoms with E-state index in [4.69, 9.17) is 4.42 Å². The average molecular weight is 253 g/mol. The molecule has 0 bridgehead atoms. The van der Waals surface area contributed by atoms with Gasteiger partial charge >= 0.3 is 0 Å². The molecule has 0 saturated heterocycles. The second kappa shape index (κ2) is 6.59. The minimum Gasteiger partial charge on any atom is -0.542 e. The molecule has 18 heavy (non-hydrogen) atoms. The Morgan fingerprint density at radius 1 is 1.39 bits per heavy atom. The predicted molar refractivity (Wildman–Crippen MR) is 67.3 cm³/mol. The van der Waals surface area contributed by atoms with Gasteiger partial charge in [-0.05, 0) is 25.8 Å². The molecule has 1 aromatic rings. The molecule has 0 aliphatic heterocycles. The smallest absolute Gasteiger partial charge is 0.150 e. The van der Waals surface area contributed by atoms with E-state index in [1.807, 2.05) is 0 Å². The fourth-order valence-corrected chi connectivity index (χ4v) is 2.03. The van der Waals surface area contributed by atoms with E-state index in [9.17, 15) is 9.90 Å². The zero-order valence-corrected chi connectivity index (χ0v) is 11.7. The average Bonchev–Trinajstić information content (AvgIpc) is 2.68. The van der Waals surface area contributed by atoms with Crippen LogP contribution in [0.4, 0.5) is 0 Å². The van der Waals surface area contributed by atoms with E-state index in [1.54, 1.807) is 6.07 Å². The third kappa shape index (κ3) is 3.88. The molecular weight excluding hydrogens is 230 g/mol. The summed E-state index contributed by atoms with van der Waals surface area (Å²) >= 11 is 0. The first kappa shape index (κ1) is 14.8. The maximum atomic E-state index is 10.9. The van der Waals surface area contributed by atoms with Crippen molar-refractivity contribution in [3.05, 3.63) is 23.2 Å². The van der Waals surface area contributed by atoms with Crippen molar-refractivity contribution in [3.8, 4) is 0 Å². The Bertz CT molecular complexity index is 392. The Hall–Kier alpha value is -1.29. The van der Waals surface area contributed by atoms with Gasteiger partial charge in [0.15, 0.2) is 0 Å². The van der Waals surface area contributed by atoms with E-state index >= 15 is 0 Å². The van der Waals surface area contributed by atoms with Gasteiger partial charge in [0.1, 0.15) is 24.0 Å². The number of carboxylic acid groups (broad SMARTS) is 1. The van der Waals surface area contributed by atoms with E-state index < -0.39 is 5.97 Å². The molecular formula is C14H23NO3. The third-order valence-corrected chi connectivity index (χ3v) is 3.13. The minimum absolute atomic E-state index is 0.0489. The topological polar surface area (TPSA) is 57.7 Å². The van der Waals surface area contributed by atoms with Crippen molar-refractivity contribution in [1.29, 1.82) is 0 Å². The van der Waals surface area contributed by atoms with Gasteiger partial charge in [-0.15, -0.1) is 0 Å². The first-order valence-corrected chi connectivity index (χ1v) is 6.64. The van der Waals surface area contributed by atoms with Gasteiger partial charge in [0, 0.05) is 12.0 Å². The van der Waals surface area contributed by atoms with Crippen molar-refractivity contribution in [2.75, 3.05) is 13.1 Å². The molecule has 0 aromatic carbocycles. The van der Waals surface area contributed by atoms with Crippen molar-refractivity contribution >= 4 is 5.97 Å². The van der Waals surface area contributed by atoms with Crippen LogP contribution in [0.2, 0.25) is 0 Å². The molecule has 0 saturated carbocycles. The van der Waals surface area contributed by atoms with Gasteiger partial charge in [-0.25, -0.2) is 0 Å². The van der Waals surface area contributed by atoms with Crippen molar-refractivity contribution in [3.63, 3.8) is 0 Å². The Kier molecular flexibility index (Phi) is 5.41. The van der Waals surface area contributed by atoms with E-state index in [0.29, 0.717) is 5.92 Å². The van der Waals surface area contributed by atoms with Crippen LogP contribution >= 0.6 is 0 Å². The number of nitrogens with one attached hydrogen (secondary N) is 1. The van der Waals surface area contributed by atoms with E-state index in [1.165, 1.54) is 4.90 Å². The van der Waals surface area contributed by atoms with Gasteiger partial charge in [-0.2, -0.15) is 0 Å². The van der Waals surface area contributed by atoms with E-state index in [0.717, 1.165) is 37.4 Å². The van der Waals surface area contributed by atoms with Gasteiger partial charge in [-0.3, -0.25) is 0 Å². The molecule has 4 nitrogen and oxygen atoms in total. The maximum Gasteiger partial charge on any atom is 0.150 e. The summed E-state index contributed by atoms with van der Waals surface area (Å²) in [5.74, 6) is -0.0483. The largest absolute Gasteiger partial charge is 0.542 e. The first-order valence-electron chi connectivity index (χ1n) is 6.64. The Balaban J connectivity index is 2.95. The summed E-state index contributed by atoms with van der Waals surface area (Å²) in [6, 6.07) is 1.62. The molecule has 1 aromatic heterocycles. The zero-order chi connectivity index (χ0) is 13.7. The molecule has 102 valence electrons. The van der Waals surface area contributed by atoms with Gasteiger partial charge < -0.3 is 19.2 Å². The Labute approximate surface area is 109 Å². The number of hydrogen-bond acceptors (Lipinski definition) is 3. The molecule has 1 heterocycles. The highest BCUT2D eigenvalue weighted by Gasteiger charge is 2.16. The van der Waals surface area contributed by atoms with Crippen molar-refractivity contribution in [1.82, 2.24) is 0 Å². The molecule has 1 rings (SSSR count). The summed E-state index contributed by atoms with van der Waals surface area (Å²) in [5.41, 5.74) is 1.00. The molecule has 0 aliphatic rings. The lowest BCUT2D eigenvalue weighted by molar-refractivity contribution is -0.910. The second-order valence-corrected chi connectivity index (χ2v) is 5.08. The van der Waals surface area contributed by atoms with E-state index in [2.05, 4.69) is 27.7 Å². The Morgan fingerprint density at radius 2 is 2.00 bits per heavy atom. The lowest BCUT2D eigenvalue weighted by atomic mass is 10.1. The SMILES string of the molecule is CC[NH+](CC)Cc1cc(C(=O)[O-])oc1CC(C)C. The molecule has 0 fully saturated rings. The molecule has 0 atom stereocenters. The summed E-state index contributed by atoms with van der Waals surface area (Å²) in [5, 5.41) is 10.9. The van der Waals surface area contributed by atoms with E-state index in [-0.39, 0.29) is 5.76 Å². The van der Waals surface area contributed by atoms with Crippen LogP contribution in [-0.2, 0) is 13.0 Å². The zero-order valence-electron chi connectivity index (χ0n) is 11.7. The minimum atomic E-state index is -1.24. The summed E-state index contributed by atoms with van der Waals surface area (Å²) < 4.78 is 5.40. The molecule has 0 radical (unpaired) electrons. The number of carbonyl (C=O) groups is 1. The van der Waals surface area contributed by atoms with Crippen molar-refractivity contribution in [2.24, 2.45) is 5.92 Å². The number of aromatic carboxylic acids is 1. The highest BCUT2D eigenvalue weighted by molar-refractivity contribution is 5.82. The number of carbonyl (C=O) groups excluding carboxylic acids is 1. The third-order valence-electron chi connectivity index (χ3n) is 3.13.